The molecule has 0 spiro atoms. The molecule has 0 bridgehead atoms. The first-order valence-corrected chi connectivity index (χ1v) is 5.68. The predicted octanol–water partition coefficient (Wildman–Crippen LogP) is 1.84. The van der Waals surface area contributed by atoms with Crippen LogP contribution in [0.3, 0.4) is 0 Å². The van der Waals surface area contributed by atoms with Gasteiger partial charge in [-0.15, -0.1) is 5.10 Å². The summed E-state index contributed by atoms with van der Waals surface area (Å²) in [5, 5.41) is 20.0. The van der Waals surface area contributed by atoms with Gasteiger partial charge >= 0.3 is 5.97 Å². The van der Waals surface area contributed by atoms with Crippen LogP contribution in [0.15, 0.2) is 22.7 Å². The van der Waals surface area contributed by atoms with Gasteiger partial charge < -0.3 is 5.11 Å². The van der Waals surface area contributed by atoms with E-state index in [9.17, 15) is 4.79 Å². The van der Waals surface area contributed by atoms with Gasteiger partial charge in [-0.2, -0.15) is 0 Å². The Morgan fingerprint density at radius 3 is 2.94 bits per heavy atom. The number of benzene rings is 1. The first kappa shape index (κ1) is 12.0. The lowest BCUT2D eigenvalue weighted by molar-refractivity contribution is -0.137. The number of carbonyl (C=O) groups is 1. The number of hydrogen-bond acceptors (Lipinski definition) is 4. The summed E-state index contributed by atoms with van der Waals surface area (Å²) in [6, 6.07) is 5.16. The van der Waals surface area contributed by atoms with E-state index in [1.165, 1.54) is 4.68 Å². The van der Waals surface area contributed by atoms with Crippen LogP contribution in [-0.2, 0) is 11.3 Å². The largest absolute Gasteiger partial charge is 0.480 e. The van der Waals surface area contributed by atoms with Gasteiger partial charge in [-0.1, -0.05) is 11.6 Å². The highest BCUT2D eigenvalue weighted by Gasteiger charge is 2.12. The molecule has 88 valence electrons. The molecule has 0 amide bonds. The van der Waals surface area contributed by atoms with Crippen LogP contribution < -0.4 is 0 Å². The normalized spacial score (nSPS) is 10.5. The Morgan fingerprint density at radius 1 is 1.53 bits per heavy atom. The molecular weight excluding hydrogens is 311 g/mol. The molecule has 2 aromatic rings. The van der Waals surface area contributed by atoms with Crippen LogP contribution in [-0.4, -0.2) is 31.3 Å². The number of halogens is 2. The van der Waals surface area contributed by atoms with Crippen LogP contribution >= 0.6 is 27.5 Å². The molecule has 0 saturated heterocycles. The lowest BCUT2D eigenvalue weighted by Gasteiger charge is -2.03. The van der Waals surface area contributed by atoms with E-state index in [0.29, 0.717) is 16.4 Å². The van der Waals surface area contributed by atoms with Crippen molar-refractivity contribution in [1.29, 1.82) is 0 Å². The summed E-state index contributed by atoms with van der Waals surface area (Å²) in [7, 11) is 0. The van der Waals surface area contributed by atoms with Crippen molar-refractivity contribution in [1.82, 2.24) is 20.2 Å². The summed E-state index contributed by atoms with van der Waals surface area (Å²) in [4.78, 5) is 10.6. The van der Waals surface area contributed by atoms with Crippen molar-refractivity contribution >= 4 is 33.5 Å². The number of carboxylic acids is 1. The van der Waals surface area contributed by atoms with Gasteiger partial charge in [0.05, 0.1) is 5.02 Å². The third kappa shape index (κ3) is 2.62. The van der Waals surface area contributed by atoms with Gasteiger partial charge in [0.15, 0.2) is 5.82 Å². The average Bonchev–Trinajstić information content (AvgIpc) is 2.69. The lowest BCUT2D eigenvalue weighted by Crippen LogP contribution is -2.11. The maximum absolute atomic E-state index is 10.6. The Hall–Kier alpha value is -1.47. The summed E-state index contributed by atoms with van der Waals surface area (Å²) in [6.45, 7) is -0.296. The minimum atomic E-state index is -1.01. The Kier molecular flexibility index (Phi) is 3.39. The quantitative estimate of drug-likeness (QED) is 0.934. The van der Waals surface area contributed by atoms with Crippen molar-refractivity contribution in [3.8, 4) is 11.4 Å². The van der Waals surface area contributed by atoms with Crippen molar-refractivity contribution in [2.45, 2.75) is 6.54 Å². The fourth-order valence-corrected chi connectivity index (χ4v) is 1.71. The fraction of sp³-hybridized carbons (Fsp3) is 0.111. The molecule has 1 heterocycles. The molecule has 0 unspecified atom stereocenters. The van der Waals surface area contributed by atoms with Gasteiger partial charge in [-0.05, 0) is 44.6 Å². The summed E-state index contributed by atoms with van der Waals surface area (Å²) in [6.07, 6.45) is 0. The van der Waals surface area contributed by atoms with E-state index in [2.05, 4.69) is 31.5 Å². The lowest BCUT2D eigenvalue weighted by atomic mass is 10.2. The molecule has 0 aliphatic rings. The summed E-state index contributed by atoms with van der Waals surface area (Å²) >= 11 is 9.21. The number of rotatable bonds is 3. The Bertz CT molecular complexity index is 572. The first-order chi connectivity index (χ1) is 8.08. The molecule has 0 fully saturated rings. The summed E-state index contributed by atoms with van der Waals surface area (Å²) in [5.41, 5.74) is 0.657. The molecule has 1 aromatic carbocycles. The van der Waals surface area contributed by atoms with E-state index in [1.54, 1.807) is 18.2 Å². The maximum atomic E-state index is 10.6. The zero-order valence-corrected chi connectivity index (χ0v) is 10.7. The maximum Gasteiger partial charge on any atom is 0.325 e. The standard InChI is InChI=1S/C9H6BrClN4O2/c10-6-2-1-5(3-7(6)11)9-12-13-14-15(9)4-8(16)17/h1-3H,4H2,(H,16,17). The molecule has 1 aromatic heterocycles. The molecular formula is C9H6BrClN4O2. The van der Waals surface area contributed by atoms with Gasteiger partial charge in [-0.3, -0.25) is 4.79 Å². The van der Waals surface area contributed by atoms with Gasteiger partial charge in [0.2, 0.25) is 0 Å². The second-order valence-corrected chi connectivity index (χ2v) is 4.44. The highest BCUT2D eigenvalue weighted by atomic mass is 79.9. The third-order valence-electron chi connectivity index (χ3n) is 1.99. The van der Waals surface area contributed by atoms with Crippen LogP contribution in [0.1, 0.15) is 0 Å². The van der Waals surface area contributed by atoms with E-state index < -0.39 is 5.97 Å². The molecule has 0 atom stereocenters. The first-order valence-electron chi connectivity index (χ1n) is 4.51. The molecule has 2 rings (SSSR count). The van der Waals surface area contributed by atoms with Crippen molar-refractivity contribution in [3.05, 3.63) is 27.7 Å². The Labute approximate surface area is 109 Å². The van der Waals surface area contributed by atoms with Crippen LogP contribution in [0.5, 0.6) is 0 Å². The highest BCUT2D eigenvalue weighted by molar-refractivity contribution is 9.10. The molecule has 6 nitrogen and oxygen atoms in total. The third-order valence-corrected chi connectivity index (χ3v) is 3.23. The summed E-state index contributed by atoms with van der Waals surface area (Å²) < 4.78 is 1.95. The van der Waals surface area contributed by atoms with Crippen molar-refractivity contribution in [2.75, 3.05) is 0 Å². The SMILES string of the molecule is O=C(O)Cn1nnnc1-c1ccc(Br)c(Cl)c1. The van der Waals surface area contributed by atoms with Crippen molar-refractivity contribution in [2.24, 2.45) is 0 Å². The van der Waals surface area contributed by atoms with Gasteiger partial charge in [0, 0.05) is 10.0 Å². The van der Waals surface area contributed by atoms with Crippen LogP contribution in [0.4, 0.5) is 0 Å². The Morgan fingerprint density at radius 2 is 2.29 bits per heavy atom. The number of hydrogen-bond donors (Lipinski definition) is 1. The van der Waals surface area contributed by atoms with Crippen LogP contribution in [0.2, 0.25) is 5.02 Å². The van der Waals surface area contributed by atoms with E-state index in [1.807, 2.05) is 0 Å². The number of aliphatic carboxylic acids is 1. The zero-order valence-electron chi connectivity index (χ0n) is 8.34. The average molecular weight is 318 g/mol. The molecule has 0 saturated carbocycles. The van der Waals surface area contributed by atoms with Gasteiger partial charge in [-0.25, -0.2) is 4.68 Å². The predicted molar refractivity (Wildman–Crippen MR) is 63.6 cm³/mol. The summed E-state index contributed by atoms with van der Waals surface area (Å²) in [5.74, 6) is -0.649. The minimum absolute atomic E-state index is 0.296. The monoisotopic (exact) mass is 316 g/mol. The van der Waals surface area contributed by atoms with E-state index >= 15 is 0 Å². The second-order valence-electron chi connectivity index (χ2n) is 3.18. The molecule has 0 radical (unpaired) electrons. The molecule has 17 heavy (non-hydrogen) atoms. The second kappa shape index (κ2) is 4.80. The van der Waals surface area contributed by atoms with Gasteiger partial charge in [0.1, 0.15) is 6.54 Å². The zero-order chi connectivity index (χ0) is 12.4. The Balaban J connectivity index is 2.42. The smallest absolute Gasteiger partial charge is 0.325 e. The number of carboxylic acid groups (broad SMARTS) is 1. The number of nitrogens with zero attached hydrogens (tertiary/aromatic N) is 4. The fourth-order valence-electron chi connectivity index (χ4n) is 1.28. The van der Waals surface area contributed by atoms with Crippen LogP contribution in [0, 0.1) is 0 Å². The molecule has 8 heteroatoms. The van der Waals surface area contributed by atoms with Crippen molar-refractivity contribution < 1.29 is 9.90 Å². The van der Waals surface area contributed by atoms with Crippen LogP contribution in [0.25, 0.3) is 11.4 Å². The molecule has 0 aliphatic carbocycles. The number of aromatic nitrogens is 4. The van der Waals surface area contributed by atoms with E-state index in [4.69, 9.17) is 16.7 Å². The molecule has 1 N–H and O–H groups in total. The highest BCUT2D eigenvalue weighted by Crippen LogP contribution is 2.27. The van der Waals surface area contributed by atoms with Crippen molar-refractivity contribution in [3.63, 3.8) is 0 Å². The van der Waals surface area contributed by atoms with E-state index in [-0.39, 0.29) is 6.54 Å². The van der Waals surface area contributed by atoms with E-state index in [0.717, 1.165) is 4.47 Å². The van der Waals surface area contributed by atoms with Gasteiger partial charge in [0.25, 0.3) is 0 Å². The molecule has 0 aliphatic heterocycles. The number of tetrazole rings is 1. The topological polar surface area (TPSA) is 80.9 Å². The minimum Gasteiger partial charge on any atom is -0.480 e.